The van der Waals surface area contributed by atoms with Gasteiger partial charge in [-0.3, -0.25) is 4.79 Å². The lowest BCUT2D eigenvalue weighted by Crippen LogP contribution is -2.49. The summed E-state index contributed by atoms with van der Waals surface area (Å²) in [5, 5.41) is 0. The smallest absolute Gasteiger partial charge is 0.223 e. The van der Waals surface area contributed by atoms with Crippen LogP contribution in [0.5, 0.6) is 11.5 Å². The number of halogens is 1. The molecular formula is C21H23FN2O3. The van der Waals surface area contributed by atoms with Crippen LogP contribution in [0.15, 0.2) is 42.5 Å². The van der Waals surface area contributed by atoms with Gasteiger partial charge in [-0.25, -0.2) is 4.39 Å². The molecule has 6 heteroatoms. The van der Waals surface area contributed by atoms with Gasteiger partial charge in [0.05, 0.1) is 5.69 Å². The number of para-hydroxylation sites is 1. The monoisotopic (exact) mass is 370 g/mol. The van der Waals surface area contributed by atoms with E-state index >= 15 is 0 Å². The van der Waals surface area contributed by atoms with Gasteiger partial charge < -0.3 is 19.3 Å². The molecule has 27 heavy (non-hydrogen) atoms. The number of rotatable bonds is 4. The number of anilines is 1. The van der Waals surface area contributed by atoms with E-state index in [0.29, 0.717) is 57.9 Å². The van der Waals surface area contributed by atoms with E-state index in [1.165, 1.54) is 6.07 Å². The largest absolute Gasteiger partial charge is 0.486 e. The molecule has 2 heterocycles. The molecular weight excluding hydrogens is 347 g/mol. The molecule has 4 rings (SSSR count). The van der Waals surface area contributed by atoms with E-state index in [-0.39, 0.29) is 11.7 Å². The van der Waals surface area contributed by atoms with Crippen LogP contribution in [0.2, 0.25) is 0 Å². The van der Waals surface area contributed by atoms with Gasteiger partial charge in [0.1, 0.15) is 19.0 Å². The van der Waals surface area contributed by atoms with Crippen LogP contribution >= 0.6 is 0 Å². The molecule has 1 amide bonds. The maximum Gasteiger partial charge on any atom is 0.223 e. The maximum atomic E-state index is 13.9. The lowest BCUT2D eigenvalue weighted by atomic mass is 10.1. The van der Waals surface area contributed by atoms with Crippen LogP contribution in [0.1, 0.15) is 12.0 Å². The molecule has 2 aliphatic rings. The summed E-state index contributed by atoms with van der Waals surface area (Å²) in [7, 11) is 0. The maximum absolute atomic E-state index is 13.9. The SMILES string of the molecule is O=C(CCc1ccc2c(c1)OCCO2)N1CCN(c2ccccc2F)CC1. The minimum atomic E-state index is -0.212. The topological polar surface area (TPSA) is 42.0 Å². The Labute approximate surface area is 158 Å². The van der Waals surface area contributed by atoms with E-state index in [0.717, 1.165) is 17.1 Å². The molecule has 0 bridgehead atoms. The van der Waals surface area contributed by atoms with Gasteiger partial charge in [-0.15, -0.1) is 0 Å². The van der Waals surface area contributed by atoms with Crippen molar-refractivity contribution in [2.24, 2.45) is 0 Å². The highest BCUT2D eigenvalue weighted by Crippen LogP contribution is 2.31. The molecule has 0 aliphatic carbocycles. The first-order valence-electron chi connectivity index (χ1n) is 9.36. The molecule has 2 aliphatic heterocycles. The van der Waals surface area contributed by atoms with Gasteiger partial charge in [0.2, 0.25) is 5.91 Å². The van der Waals surface area contributed by atoms with Crippen molar-refractivity contribution in [1.29, 1.82) is 0 Å². The number of ether oxygens (including phenoxy) is 2. The predicted octanol–water partition coefficient (Wildman–Crippen LogP) is 2.88. The molecule has 0 spiro atoms. The summed E-state index contributed by atoms with van der Waals surface area (Å²) in [6.07, 6.45) is 1.13. The van der Waals surface area contributed by atoms with E-state index in [4.69, 9.17) is 9.47 Å². The molecule has 1 fully saturated rings. The first kappa shape index (κ1) is 17.6. The number of fused-ring (bicyclic) bond motifs is 1. The molecule has 1 saturated heterocycles. The van der Waals surface area contributed by atoms with Crippen molar-refractivity contribution in [1.82, 2.24) is 4.90 Å². The van der Waals surface area contributed by atoms with Gasteiger partial charge in [0, 0.05) is 32.6 Å². The lowest BCUT2D eigenvalue weighted by Gasteiger charge is -2.36. The number of piperazine rings is 1. The molecule has 142 valence electrons. The highest BCUT2D eigenvalue weighted by molar-refractivity contribution is 5.77. The number of hydrogen-bond donors (Lipinski definition) is 0. The zero-order valence-electron chi connectivity index (χ0n) is 15.2. The minimum Gasteiger partial charge on any atom is -0.486 e. The molecule has 0 aromatic heterocycles. The van der Waals surface area contributed by atoms with Gasteiger partial charge in [-0.1, -0.05) is 18.2 Å². The fourth-order valence-electron chi connectivity index (χ4n) is 3.56. The number of nitrogens with zero attached hydrogens (tertiary/aromatic N) is 2. The van der Waals surface area contributed by atoms with Gasteiger partial charge in [0.25, 0.3) is 0 Å². The lowest BCUT2D eigenvalue weighted by molar-refractivity contribution is -0.131. The zero-order chi connectivity index (χ0) is 18.6. The van der Waals surface area contributed by atoms with E-state index in [9.17, 15) is 9.18 Å². The van der Waals surface area contributed by atoms with E-state index in [2.05, 4.69) is 0 Å². The molecule has 5 nitrogen and oxygen atoms in total. The van der Waals surface area contributed by atoms with Crippen LogP contribution in [-0.2, 0) is 11.2 Å². The van der Waals surface area contributed by atoms with Crippen LogP contribution < -0.4 is 14.4 Å². The average Bonchev–Trinajstić information content (AvgIpc) is 2.72. The van der Waals surface area contributed by atoms with Crippen molar-refractivity contribution >= 4 is 11.6 Å². The average molecular weight is 370 g/mol. The van der Waals surface area contributed by atoms with Crippen LogP contribution in [0.25, 0.3) is 0 Å². The molecule has 2 aromatic rings. The number of carbonyl (C=O) groups excluding carboxylic acids is 1. The Balaban J connectivity index is 1.29. The third kappa shape index (κ3) is 3.99. The number of benzene rings is 2. The first-order chi connectivity index (χ1) is 13.2. The van der Waals surface area contributed by atoms with E-state index < -0.39 is 0 Å². The third-order valence-corrected chi connectivity index (χ3v) is 5.06. The molecule has 2 aromatic carbocycles. The summed E-state index contributed by atoms with van der Waals surface area (Å²) in [4.78, 5) is 16.4. The van der Waals surface area contributed by atoms with Gasteiger partial charge >= 0.3 is 0 Å². The van der Waals surface area contributed by atoms with Gasteiger partial charge in [-0.2, -0.15) is 0 Å². The van der Waals surface area contributed by atoms with Crippen LogP contribution in [-0.4, -0.2) is 50.2 Å². The van der Waals surface area contributed by atoms with Gasteiger partial charge in [0.15, 0.2) is 11.5 Å². The second-order valence-corrected chi connectivity index (χ2v) is 6.80. The van der Waals surface area contributed by atoms with Crippen molar-refractivity contribution in [3.8, 4) is 11.5 Å². The summed E-state index contributed by atoms with van der Waals surface area (Å²) >= 11 is 0. The molecule has 0 atom stereocenters. The zero-order valence-corrected chi connectivity index (χ0v) is 15.2. The van der Waals surface area contributed by atoms with E-state index in [1.54, 1.807) is 12.1 Å². The standard InChI is InChI=1S/C21H23FN2O3/c22-17-3-1-2-4-18(17)23-9-11-24(12-10-23)21(25)8-6-16-5-7-19-20(15-16)27-14-13-26-19/h1-5,7,15H,6,8-14H2. The Kier molecular flexibility index (Phi) is 5.14. The minimum absolute atomic E-state index is 0.137. The molecule has 0 saturated carbocycles. The molecule has 0 radical (unpaired) electrons. The first-order valence-corrected chi connectivity index (χ1v) is 9.36. The Morgan fingerprint density at radius 1 is 0.963 bits per heavy atom. The number of carbonyl (C=O) groups is 1. The predicted molar refractivity (Wildman–Crippen MR) is 101 cm³/mol. The summed E-state index contributed by atoms with van der Waals surface area (Å²) < 4.78 is 25.0. The second-order valence-electron chi connectivity index (χ2n) is 6.80. The summed E-state index contributed by atoms with van der Waals surface area (Å²) in [5.41, 5.74) is 1.68. The van der Waals surface area contributed by atoms with Crippen molar-refractivity contribution in [3.63, 3.8) is 0 Å². The summed E-state index contributed by atoms with van der Waals surface area (Å²) in [6, 6.07) is 12.6. The van der Waals surface area contributed by atoms with Crippen molar-refractivity contribution < 1.29 is 18.7 Å². The normalized spacial score (nSPS) is 16.3. The van der Waals surface area contributed by atoms with Crippen molar-refractivity contribution in [3.05, 3.63) is 53.8 Å². The molecule has 0 unspecified atom stereocenters. The number of amides is 1. The second kappa shape index (κ2) is 7.86. The third-order valence-electron chi connectivity index (χ3n) is 5.06. The van der Waals surface area contributed by atoms with Gasteiger partial charge in [-0.05, 0) is 36.2 Å². The highest BCUT2D eigenvalue weighted by Gasteiger charge is 2.22. The highest BCUT2D eigenvalue weighted by atomic mass is 19.1. The Morgan fingerprint density at radius 3 is 2.48 bits per heavy atom. The Hall–Kier alpha value is -2.76. The Morgan fingerprint density at radius 2 is 1.70 bits per heavy atom. The van der Waals surface area contributed by atoms with Crippen molar-refractivity contribution in [2.45, 2.75) is 12.8 Å². The Bertz CT molecular complexity index is 819. The summed E-state index contributed by atoms with van der Waals surface area (Å²) in [5.74, 6) is 1.44. The quantitative estimate of drug-likeness (QED) is 0.830. The fourth-order valence-corrected chi connectivity index (χ4v) is 3.56. The van der Waals surface area contributed by atoms with Crippen LogP contribution in [0.3, 0.4) is 0 Å². The van der Waals surface area contributed by atoms with Crippen molar-refractivity contribution in [2.75, 3.05) is 44.3 Å². The van der Waals surface area contributed by atoms with Crippen LogP contribution in [0, 0.1) is 5.82 Å². The number of aryl methyl sites for hydroxylation is 1. The van der Waals surface area contributed by atoms with E-state index in [1.807, 2.05) is 34.1 Å². The fraction of sp³-hybridized carbons (Fsp3) is 0.381. The van der Waals surface area contributed by atoms with Crippen LogP contribution in [0.4, 0.5) is 10.1 Å². The summed E-state index contributed by atoms with van der Waals surface area (Å²) in [6.45, 7) is 3.67. The molecule has 0 N–H and O–H groups in total. The number of hydrogen-bond acceptors (Lipinski definition) is 4.